The summed E-state index contributed by atoms with van der Waals surface area (Å²) >= 11 is 0. The van der Waals surface area contributed by atoms with Crippen molar-refractivity contribution in [1.82, 2.24) is 4.57 Å². The van der Waals surface area contributed by atoms with Gasteiger partial charge in [-0.25, -0.2) is 4.39 Å². The number of allylic oxidation sites excluding steroid dienone is 1. The fraction of sp³-hybridized carbons (Fsp3) is 0.105. The molecule has 0 aliphatic carbocycles. The molecule has 0 saturated carbocycles. The van der Waals surface area contributed by atoms with Crippen molar-refractivity contribution < 1.29 is 14.3 Å². The minimum Gasteiger partial charge on any atom is -0.494 e. The molecule has 1 aromatic heterocycles. The normalized spacial score (nSPS) is 10.9. The van der Waals surface area contributed by atoms with E-state index in [4.69, 9.17) is 0 Å². The zero-order valence-electron chi connectivity index (χ0n) is 12.9. The van der Waals surface area contributed by atoms with Crippen LogP contribution in [0.15, 0.2) is 49.0 Å². The number of fused-ring (bicyclic) bond motifs is 1. The summed E-state index contributed by atoms with van der Waals surface area (Å²) in [7, 11) is 1.64. The van der Waals surface area contributed by atoms with E-state index in [9.17, 15) is 14.3 Å². The highest BCUT2D eigenvalue weighted by molar-refractivity contribution is 6.18. The van der Waals surface area contributed by atoms with E-state index < -0.39 is 5.82 Å². The molecule has 3 rings (SSSR count). The maximum Gasteiger partial charge on any atom is 0.203 e. The molecule has 0 bridgehead atoms. The minimum absolute atomic E-state index is 0.116. The molecule has 2 aromatic carbocycles. The fourth-order valence-electron chi connectivity index (χ4n) is 2.68. The van der Waals surface area contributed by atoms with E-state index in [1.165, 1.54) is 16.7 Å². The largest absolute Gasteiger partial charge is 0.494 e. The van der Waals surface area contributed by atoms with Gasteiger partial charge in [0.1, 0.15) is 5.82 Å². The first-order valence-corrected chi connectivity index (χ1v) is 7.17. The molecule has 0 aliphatic rings. The van der Waals surface area contributed by atoms with E-state index in [-0.39, 0.29) is 17.2 Å². The van der Waals surface area contributed by atoms with Crippen LogP contribution in [0.1, 0.15) is 28.4 Å². The zero-order valence-corrected chi connectivity index (χ0v) is 12.9. The van der Waals surface area contributed by atoms with E-state index in [1.807, 2.05) is 6.92 Å². The molecule has 116 valence electrons. The van der Waals surface area contributed by atoms with E-state index >= 15 is 0 Å². The molecule has 0 saturated heterocycles. The second-order valence-corrected chi connectivity index (χ2v) is 5.61. The summed E-state index contributed by atoms with van der Waals surface area (Å²) in [6, 6.07) is 11.1. The highest BCUT2D eigenvalue weighted by Crippen LogP contribution is 2.32. The number of benzene rings is 2. The standard InChI is InChI=1S/C19H16FNO2/c1-11(2)12-4-6-13(7-5-12)18(22)17-15-10-14(20)8-9-16(15)21(3)19(17)23/h4-10,23H,1H2,2-3H3. The van der Waals surface area contributed by atoms with Crippen molar-refractivity contribution in [2.75, 3.05) is 0 Å². The van der Waals surface area contributed by atoms with Crippen LogP contribution in [0, 0.1) is 5.82 Å². The highest BCUT2D eigenvalue weighted by atomic mass is 19.1. The Hall–Kier alpha value is -2.88. The maximum atomic E-state index is 13.6. The van der Waals surface area contributed by atoms with Crippen LogP contribution in [0.3, 0.4) is 0 Å². The van der Waals surface area contributed by atoms with Gasteiger partial charge in [-0.3, -0.25) is 4.79 Å². The molecule has 1 N–H and O–H groups in total. The van der Waals surface area contributed by atoms with Crippen LogP contribution in [-0.4, -0.2) is 15.5 Å². The van der Waals surface area contributed by atoms with Crippen molar-refractivity contribution in [2.45, 2.75) is 6.92 Å². The molecule has 3 nitrogen and oxygen atoms in total. The van der Waals surface area contributed by atoms with Gasteiger partial charge in [-0.1, -0.05) is 36.4 Å². The summed E-state index contributed by atoms with van der Waals surface area (Å²) in [4.78, 5) is 12.8. The van der Waals surface area contributed by atoms with Gasteiger partial charge >= 0.3 is 0 Å². The summed E-state index contributed by atoms with van der Waals surface area (Å²) in [5.74, 6) is -0.957. The Labute approximate surface area is 133 Å². The third-order valence-corrected chi connectivity index (χ3v) is 4.00. The van der Waals surface area contributed by atoms with Crippen LogP contribution in [0.25, 0.3) is 16.5 Å². The molecule has 0 fully saturated rings. The van der Waals surface area contributed by atoms with Gasteiger partial charge < -0.3 is 9.67 Å². The third kappa shape index (κ3) is 2.42. The summed E-state index contributed by atoms with van der Waals surface area (Å²) in [6.07, 6.45) is 0. The number of ketones is 1. The van der Waals surface area contributed by atoms with Gasteiger partial charge in [-0.2, -0.15) is 0 Å². The number of nitrogens with zero attached hydrogens (tertiary/aromatic N) is 1. The topological polar surface area (TPSA) is 42.2 Å². The SMILES string of the molecule is C=C(C)c1ccc(C(=O)c2c(O)n(C)c3ccc(F)cc23)cc1. The Morgan fingerprint density at radius 2 is 1.74 bits per heavy atom. The van der Waals surface area contributed by atoms with Gasteiger partial charge in [0.25, 0.3) is 0 Å². The lowest BCUT2D eigenvalue weighted by Crippen LogP contribution is -2.01. The molecular weight excluding hydrogens is 293 g/mol. The summed E-state index contributed by atoms with van der Waals surface area (Å²) in [5.41, 5.74) is 2.99. The van der Waals surface area contributed by atoms with Gasteiger partial charge in [0.05, 0.1) is 11.1 Å². The lowest BCUT2D eigenvalue weighted by molar-refractivity contribution is 0.103. The van der Waals surface area contributed by atoms with Crippen LogP contribution in [0.4, 0.5) is 4.39 Å². The first-order valence-electron chi connectivity index (χ1n) is 7.17. The van der Waals surface area contributed by atoms with E-state index in [0.29, 0.717) is 16.5 Å². The van der Waals surface area contributed by atoms with Gasteiger partial charge in [0.15, 0.2) is 5.78 Å². The molecule has 0 aliphatic heterocycles. The monoisotopic (exact) mass is 309 g/mol. The van der Waals surface area contributed by atoms with Crippen LogP contribution in [-0.2, 0) is 7.05 Å². The van der Waals surface area contributed by atoms with E-state index in [0.717, 1.165) is 11.1 Å². The number of hydrogen-bond acceptors (Lipinski definition) is 2. The lowest BCUT2D eigenvalue weighted by Gasteiger charge is -2.04. The molecule has 1 heterocycles. The molecule has 0 radical (unpaired) electrons. The van der Waals surface area contributed by atoms with Gasteiger partial charge in [-0.15, -0.1) is 0 Å². The number of aryl methyl sites for hydroxylation is 1. The number of carbonyl (C=O) groups excluding carboxylic acids is 1. The maximum absolute atomic E-state index is 13.6. The van der Waals surface area contributed by atoms with Crippen LogP contribution in [0.2, 0.25) is 0 Å². The molecular formula is C19H16FNO2. The average molecular weight is 309 g/mol. The average Bonchev–Trinajstić information content (AvgIpc) is 2.77. The van der Waals surface area contributed by atoms with Gasteiger partial charge in [0, 0.05) is 18.0 Å². The molecule has 4 heteroatoms. The predicted octanol–water partition coefficient (Wildman–Crippen LogP) is 4.29. The number of hydrogen-bond donors (Lipinski definition) is 1. The quantitative estimate of drug-likeness (QED) is 0.733. The molecule has 0 amide bonds. The van der Waals surface area contributed by atoms with Crippen LogP contribution >= 0.6 is 0 Å². The predicted molar refractivity (Wildman–Crippen MR) is 89.1 cm³/mol. The van der Waals surface area contributed by atoms with Crippen molar-refractivity contribution in [3.05, 3.63) is 71.6 Å². The second-order valence-electron chi connectivity index (χ2n) is 5.61. The first-order chi connectivity index (χ1) is 10.9. The second kappa shape index (κ2) is 5.39. The summed E-state index contributed by atoms with van der Waals surface area (Å²) < 4.78 is 15.0. The van der Waals surface area contributed by atoms with Gasteiger partial charge in [0.2, 0.25) is 5.88 Å². The Morgan fingerprint density at radius 3 is 2.35 bits per heavy atom. The van der Waals surface area contributed by atoms with Gasteiger partial charge in [-0.05, 0) is 30.7 Å². The number of halogens is 1. The van der Waals surface area contributed by atoms with E-state index in [2.05, 4.69) is 6.58 Å². The van der Waals surface area contributed by atoms with Crippen molar-refractivity contribution in [2.24, 2.45) is 7.05 Å². The number of aromatic nitrogens is 1. The molecule has 0 atom stereocenters. The van der Waals surface area contributed by atoms with Crippen molar-refractivity contribution >= 4 is 22.3 Å². The zero-order chi connectivity index (χ0) is 16.7. The number of aromatic hydroxyl groups is 1. The smallest absolute Gasteiger partial charge is 0.203 e. The Morgan fingerprint density at radius 1 is 1.13 bits per heavy atom. The Bertz CT molecular complexity index is 936. The highest BCUT2D eigenvalue weighted by Gasteiger charge is 2.22. The number of rotatable bonds is 3. The summed E-state index contributed by atoms with van der Waals surface area (Å²) in [5, 5.41) is 10.7. The van der Waals surface area contributed by atoms with Crippen LogP contribution in [0.5, 0.6) is 5.88 Å². The molecule has 23 heavy (non-hydrogen) atoms. The van der Waals surface area contributed by atoms with Crippen LogP contribution < -0.4 is 0 Å². The Kier molecular flexibility index (Phi) is 3.52. The Balaban J connectivity index is 2.16. The summed E-state index contributed by atoms with van der Waals surface area (Å²) in [6.45, 7) is 5.74. The van der Waals surface area contributed by atoms with Crippen molar-refractivity contribution in [3.8, 4) is 5.88 Å². The van der Waals surface area contributed by atoms with Crippen molar-refractivity contribution in [1.29, 1.82) is 0 Å². The molecule has 0 spiro atoms. The number of carbonyl (C=O) groups is 1. The lowest BCUT2D eigenvalue weighted by atomic mass is 9.99. The first kappa shape index (κ1) is 15.0. The third-order valence-electron chi connectivity index (χ3n) is 4.00. The molecule has 0 unspecified atom stereocenters. The van der Waals surface area contributed by atoms with E-state index in [1.54, 1.807) is 37.4 Å². The fourth-order valence-corrected chi connectivity index (χ4v) is 2.68. The molecule has 3 aromatic rings. The van der Waals surface area contributed by atoms with Crippen molar-refractivity contribution in [3.63, 3.8) is 0 Å². The minimum atomic E-state index is -0.449.